The van der Waals surface area contributed by atoms with Gasteiger partial charge in [0.1, 0.15) is 22.7 Å². The lowest BCUT2D eigenvalue weighted by atomic mass is 10.2. The minimum absolute atomic E-state index is 0.00142. The summed E-state index contributed by atoms with van der Waals surface area (Å²) in [5.41, 5.74) is 0.0929. The number of thioether (sulfide) groups is 1. The van der Waals surface area contributed by atoms with Crippen molar-refractivity contribution in [1.29, 1.82) is 10.5 Å². The third-order valence-electron chi connectivity index (χ3n) is 3.12. The average molecular weight is 365 g/mol. The monoisotopic (exact) mass is 365 g/mol. The molecule has 0 bridgehead atoms. The zero-order chi connectivity index (χ0) is 18.9. The van der Waals surface area contributed by atoms with Crippen molar-refractivity contribution in [3.05, 3.63) is 70.4 Å². The van der Waals surface area contributed by atoms with Gasteiger partial charge in [0, 0.05) is 22.8 Å². The van der Waals surface area contributed by atoms with Crippen molar-refractivity contribution in [1.82, 2.24) is 0 Å². The van der Waals surface area contributed by atoms with E-state index in [9.17, 15) is 14.9 Å². The zero-order valence-corrected chi connectivity index (χ0v) is 14.0. The fourth-order valence-electron chi connectivity index (χ4n) is 1.90. The molecule has 0 saturated carbocycles. The average Bonchev–Trinajstić information content (AvgIpc) is 2.64. The van der Waals surface area contributed by atoms with Crippen LogP contribution in [0.3, 0.4) is 0 Å². The number of anilines is 2. The molecule has 26 heavy (non-hydrogen) atoms. The molecule has 0 spiro atoms. The molecule has 0 saturated heterocycles. The summed E-state index contributed by atoms with van der Waals surface area (Å²) >= 11 is 1.01. The second-order valence-electron chi connectivity index (χ2n) is 4.76. The Labute approximate surface area is 152 Å². The molecule has 0 aliphatic carbocycles. The molecule has 0 aliphatic heterocycles. The Morgan fingerprint density at radius 2 is 1.85 bits per heavy atom. The van der Waals surface area contributed by atoms with Gasteiger partial charge in [0.25, 0.3) is 11.6 Å². The van der Waals surface area contributed by atoms with Crippen LogP contribution in [0.2, 0.25) is 0 Å². The third kappa shape index (κ3) is 4.84. The van der Waals surface area contributed by atoms with Gasteiger partial charge in [0.05, 0.1) is 4.92 Å². The van der Waals surface area contributed by atoms with E-state index < -0.39 is 10.8 Å². The number of rotatable bonds is 6. The molecule has 2 rings (SSSR count). The number of benzene rings is 2. The Bertz CT molecular complexity index is 942. The number of carbonyl (C=O) groups excluding carboxylic acids is 1. The molecule has 0 fully saturated rings. The second kappa shape index (κ2) is 8.87. The highest BCUT2D eigenvalue weighted by Crippen LogP contribution is 2.23. The Morgan fingerprint density at radius 3 is 2.46 bits per heavy atom. The quantitative estimate of drug-likeness (QED) is 0.199. The molecule has 0 aliphatic rings. The van der Waals surface area contributed by atoms with Crippen molar-refractivity contribution in [3.8, 4) is 11.5 Å². The van der Waals surface area contributed by atoms with E-state index in [0.717, 1.165) is 16.7 Å². The summed E-state index contributed by atoms with van der Waals surface area (Å²) in [6, 6.07) is 14.2. The maximum atomic E-state index is 12.2. The lowest BCUT2D eigenvalue weighted by molar-refractivity contribution is -0.383. The maximum absolute atomic E-state index is 12.2. The zero-order valence-electron chi connectivity index (χ0n) is 13.2. The largest absolute Gasteiger partial charge is 0.360 e. The van der Waals surface area contributed by atoms with Crippen molar-refractivity contribution >= 4 is 34.7 Å². The highest BCUT2D eigenvalue weighted by molar-refractivity contribution is 8.03. The van der Waals surface area contributed by atoms with Crippen LogP contribution in [0, 0.1) is 32.1 Å². The first-order valence-electron chi connectivity index (χ1n) is 7.12. The molecule has 2 aromatic rings. The van der Waals surface area contributed by atoms with E-state index in [4.69, 9.17) is 10.5 Å². The molecular formula is C17H11N5O3S. The number of nitro benzene ring substituents is 1. The Kier molecular flexibility index (Phi) is 6.32. The fourth-order valence-corrected chi connectivity index (χ4v) is 2.28. The number of carbonyl (C=O) groups is 1. The van der Waals surface area contributed by atoms with Crippen LogP contribution in [0.4, 0.5) is 17.1 Å². The number of para-hydroxylation sites is 2. The molecule has 9 heteroatoms. The summed E-state index contributed by atoms with van der Waals surface area (Å²) in [5, 5.41) is 35.8. The van der Waals surface area contributed by atoms with Gasteiger partial charge in [-0.15, -0.1) is 0 Å². The van der Waals surface area contributed by atoms with Crippen molar-refractivity contribution in [2.24, 2.45) is 0 Å². The maximum Gasteiger partial charge on any atom is 0.292 e. The predicted octanol–water partition coefficient (Wildman–Crippen LogP) is 3.63. The van der Waals surface area contributed by atoms with Crippen LogP contribution in [0.5, 0.6) is 0 Å². The topological polar surface area (TPSA) is 132 Å². The number of amides is 1. The van der Waals surface area contributed by atoms with Gasteiger partial charge in [0.2, 0.25) is 0 Å². The van der Waals surface area contributed by atoms with E-state index in [2.05, 4.69) is 10.6 Å². The van der Waals surface area contributed by atoms with Crippen LogP contribution in [0.15, 0.2) is 65.2 Å². The molecule has 0 atom stereocenters. The molecular weight excluding hydrogens is 354 g/mol. The fraction of sp³-hybridized carbons (Fsp3) is 0. The molecule has 0 aromatic heterocycles. The molecule has 1 amide bonds. The van der Waals surface area contributed by atoms with Crippen molar-refractivity contribution in [2.75, 3.05) is 10.6 Å². The minimum Gasteiger partial charge on any atom is -0.360 e. The number of hydrogen-bond donors (Lipinski definition) is 2. The van der Waals surface area contributed by atoms with Gasteiger partial charge < -0.3 is 10.6 Å². The molecule has 128 valence electrons. The third-order valence-corrected chi connectivity index (χ3v) is 3.71. The van der Waals surface area contributed by atoms with Crippen LogP contribution in [0.25, 0.3) is 0 Å². The van der Waals surface area contributed by atoms with E-state index in [1.165, 1.54) is 30.5 Å². The van der Waals surface area contributed by atoms with Crippen LogP contribution >= 0.6 is 11.8 Å². The van der Waals surface area contributed by atoms with Gasteiger partial charge in [0.15, 0.2) is 0 Å². The van der Waals surface area contributed by atoms with Gasteiger partial charge >= 0.3 is 0 Å². The first-order valence-corrected chi connectivity index (χ1v) is 7.94. The number of thiocyanates is 1. The number of nitrogens with zero attached hydrogens (tertiary/aromatic N) is 3. The van der Waals surface area contributed by atoms with Gasteiger partial charge in [-0.05, 0) is 42.1 Å². The first-order chi connectivity index (χ1) is 12.5. The molecule has 8 nitrogen and oxygen atoms in total. The Balaban J connectivity index is 2.11. The first kappa shape index (κ1) is 18.5. The van der Waals surface area contributed by atoms with E-state index >= 15 is 0 Å². The van der Waals surface area contributed by atoms with Crippen molar-refractivity contribution in [3.63, 3.8) is 0 Å². The highest BCUT2D eigenvalue weighted by Gasteiger charge is 2.17. The molecule has 2 aromatic carbocycles. The number of nitrogens with one attached hydrogen (secondary N) is 2. The van der Waals surface area contributed by atoms with Gasteiger partial charge in [-0.3, -0.25) is 14.9 Å². The summed E-state index contributed by atoms with van der Waals surface area (Å²) in [6.45, 7) is 0. The van der Waals surface area contributed by atoms with Crippen molar-refractivity contribution < 1.29 is 9.72 Å². The van der Waals surface area contributed by atoms with Gasteiger partial charge in [-0.2, -0.15) is 10.5 Å². The molecule has 0 radical (unpaired) electrons. The van der Waals surface area contributed by atoms with E-state index in [-0.39, 0.29) is 16.9 Å². The summed E-state index contributed by atoms with van der Waals surface area (Å²) in [4.78, 5) is 23.3. The number of nitro groups is 1. The van der Waals surface area contributed by atoms with Crippen LogP contribution in [0.1, 0.15) is 0 Å². The second-order valence-corrected chi connectivity index (χ2v) is 5.62. The Hall–Kier alpha value is -3.82. The standard InChI is InChI=1S/C17H11N5O3S/c18-9-12(10-20-13-5-7-14(8-6-13)26-11-19)17(23)21-15-3-1-2-4-16(15)22(24)25/h1-8,10,20H,(H,21,23)/b12-10-. The molecule has 2 N–H and O–H groups in total. The summed E-state index contributed by atoms with van der Waals surface area (Å²) < 4.78 is 0. The summed E-state index contributed by atoms with van der Waals surface area (Å²) in [5.74, 6) is -0.772. The molecule has 0 unspecified atom stereocenters. The van der Waals surface area contributed by atoms with Gasteiger partial charge in [-0.1, -0.05) is 12.1 Å². The predicted molar refractivity (Wildman–Crippen MR) is 97.0 cm³/mol. The SMILES string of the molecule is N#CSc1ccc(N/C=C(/C#N)C(=O)Nc2ccccc2[N+](=O)[O-])cc1. The normalized spacial score (nSPS) is 10.3. The lowest BCUT2D eigenvalue weighted by Crippen LogP contribution is -2.15. The summed E-state index contributed by atoms with van der Waals surface area (Å²) in [6.07, 6.45) is 1.20. The smallest absolute Gasteiger partial charge is 0.292 e. The molecule has 0 heterocycles. The number of hydrogen-bond acceptors (Lipinski definition) is 7. The van der Waals surface area contributed by atoms with Crippen LogP contribution in [-0.2, 0) is 4.79 Å². The van der Waals surface area contributed by atoms with Crippen molar-refractivity contribution in [2.45, 2.75) is 4.90 Å². The van der Waals surface area contributed by atoms with Crippen LogP contribution < -0.4 is 10.6 Å². The summed E-state index contributed by atoms with van der Waals surface area (Å²) in [7, 11) is 0. The Morgan fingerprint density at radius 1 is 1.15 bits per heavy atom. The van der Waals surface area contributed by atoms with Gasteiger partial charge in [-0.25, -0.2) is 0 Å². The lowest BCUT2D eigenvalue weighted by Gasteiger charge is -2.06. The van der Waals surface area contributed by atoms with Crippen LogP contribution in [-0.4, -0.2) is 10.8 Å². The number of nitriles is 2. The van der Waals surface area contributed by atoms with E-state index in [0.29, 0.717) is 5.69 Å². The van der Waals surface area contributed by atoms with E-state index in [1.54, 1.807) is 30.3 Å². The highest BCUT2D eigenvalue weighted by atomic mass is 32.2. The minimum atomic E-state index is -0.772. The van der Waals surface area contributed by atoms with E-state index in [1.807, 2.05) is 5.40 Å².